The van der Waals surface area contributed by atoms with Gasteiger partial charge in [0.25, 0.3) is 9.05 Å². The molecule has 0 amide bonds. The largest absolute Gasteiger partial charge is 0.268 e. The lowest BCUT2D eigenvalue weighted by Crippen LogP contribution is -2.10. The van der Waals surface area contributed by atoms with Gasteiger partial charge in [-0.1, -0.05) is 13.8 Å². The third-order valence-electron chi connectivity index (χ3n) is 2.61. The zero-order valence-electron chi connectivity index (χ0n) is 9.35. The highest BCUT2D eigenvalue weighted by molar-refractivity contribution is 8.13. The highest BCUT2D eigenvalue weighted by Gasteiger charge is 2.34. The van der Waals surface area contributed by atoms with E-state index in [2.05, 4.69) is 18.9 Å². The molecule has 0 N–H and O–H groups in total. The van der Waals surface area contributed by atoms with Crippen molar-refractivity contribution in [1.29, 1.82) is 0 Å². The van der Waals surface area contributed by atoms with Crippen LogP contribution in [0.1, 0.15) is 38.3 Å². The minimum Gasteiger partial charge on any atom is -0.268 e. The van der Waals surface area contributed by atoms with Crippen molar-refractivity contribution in [3.05, 3.63) is 11.9 Å². The standard InChI is InChI=1S/C10H15ClN2O2S/c1-7(2)6-13-10(8-3-4-8)9(5-12-13)16(11,14)15/h5,7-8H,3-4,6H2,1-2H3. The van der Waals surface area contributed by atoms with Crippen LogP contribution < -0.4 is 0 Å². The van der Waals surface area contributed by atoms with E-state index in [-0.39, 0.29) is 4.90 Å². The molecule has 16 heavy (non-hydrogen) atoms. The lowest BCUT2D eigenvalue weighted by atomic mass is 10.2. The molecule has 1 saturated carbocycles. The zero-order chi connectivity index (χ0) is 11.9. The second kappa shape index (κ2) is 4.04. The van der Waals surface area contributed by atoms with Gasteiger partial charge in [-0.25, -0.2) is 8.42 Å². The first-order valence-electron chi connectivity index (χ1n) is 5.40. The Kier molecular flexibility index (Phi) is 3.01. The molecule has 0 spiro atoms. The van der Waals surface area contributed by atoms with E-state index < -0.39 is 9.05 Å². The maximum Gasteiger partial charge on any atom is 0.264 e. The van der Waals surface area contributed by atoms with E-state index in [1.165, 1.54) is 6.20 Å². The number of hydrogen-bond donors (Lipinski definition) is 0. The van der Waals surface area contributed by atoms with Gasteiger partial charge in [-0.2, -0.15) is 5.10 Å². The Balaban J connectivity index is 2.44. The maximum atomic E-state index is 11.4. The lowest BCUT2D eigenvalue weighted by Gasteiger charge is -2.09. The van der Waals surface area contributed by atoms with E-state index in [0.717, 1.165) is 25.1 Å². The summed E-state index contributed by atoms with van der Waals surface area (Å²) in [6.45, 7) is 4.89. The van der Waals surface area contributed by atoms with Crippen LogP contribution in [0.2, 0.25) is 0 Å². The quantitative estimate of drug-likeness (QED) is 0.783. The van der Waals surface area contributed by atoms with Crippen molar-refractivity contribution in [3.8, 4) is 0 Å². The van der Waals surface area contributed by atoms with Crippen LogP contribution >= 0.6 is 10.7 Å². The summed E-state index contributed by atoms with van der Waals surface area (Å²) in [5.41, 5.74) is 0.795. The van der Waals surface area contributed by atoms with Crippen LogP contribution in [0, 0.1) is 5.92 Å². The number of nitrogens with zero attached hydrogens (tertiary/aromatic N) is 2. The van der Waals surface area contributed by atoms with Crippen molar-refractivity contribution < 1.29 is 8.42 Å². The first kappa shape index (κ1) is 11.9. The first-order chi connectivity index (χ1) is 7.39. The second-order valence-electron chi connectivity index (χ2n) is 4.68. The van der Waals surface area contributed by atoms with Crippen LogP contribution in [0.5, 0.6) is 0 Å². The molecule has 0 bridgehead atoms. The zero-order valence-corrected chi connectivity index (χ0v) is 10.9. The summed E-state index contributed by atoms with van der Waals surface area (Å²) in [4.78, 5) is 0.192. The Hall–Kier alpha value is -0.550. The highest BCUT2D eigenvalue weighted by atomic mass is 35.7. The molecule has 6 heteroatoms. The van der Waals surface area contributed by atoms with Gasteiger partial charge in [-0.3, -0.25) is 4.68 Å². The van der Waals surface area contributed by atoms with Gasteiger partial charge in [0.1, 0.15) is 4.90 Å². The molecular weight excluding hydrogens is 248 g/mol. The van der Waals surface area contributed by atoms with E-state index in [1.807, 2.05) is 0 Å². The van der Waals surface area contributed by atoms with Gasteiger partial charge in [-0.15, -0.1) is 0 Å². The number of hydrogen-bond acceptors (Lipinski definition) is 3. The summed E-state index contributed by atoms with van der Waals surface area (Å²) in [6, 6.07) is 0. The van der Waals surface area contributed by atoms with Crippen molar-refractivity contribution in [2.45, 2.75) is 44.0 Å². The van der Waals surface area contributed by atoms with Gasteiger partial charge < -0.3 is 0 Å². The Morgan fingerprint density at radius 3 is 2.62 bits per heavy atom. The molecule has 90 valence electrons. The summed E-state index contributed by atoms with van der Waals surface area (Å²) >= 11 is 0. The van der Waals surface area contributed by atoms with E-state index in [1.54, 1.807) is 4.68 Å². The molecule has 1 aromatic rings. The Morgan fingerprint density at radius 1 is 1.56 bits per heavy atom. The molecule has 1 aliphatic carbocycles. The topological polar surface area (TPSA) is 52.0 Å². The van der Waals surface area contributed by atoms with Crippen molar-refractivity contribution >= 4 is 19.7 Å². The van der Waals surface area contributed by atoms with Crippen LogP contribution in [0.15, 0.2) is 11.1 Å². The molecule has 4 nitrogen and oxygen atoms in total. The van der Waals surface area contributed by atoms with Crippen molar-refractivity contribution in [2.24, 2.45) is 5.92 Å². The van der Waals surface area contributed by atoms with Crippen molar-refractivity contribution in [3.63, 3.8) is 0 Å². The molecule has 0 unspecified atom stereocenters. The molecule has 1 heterocycles. The molecule has 1 fully saturated rings. The number of aromatic nitrogens is 2. The average molecular weight is 263 g/mol. The normalized spacial score (nSPS) is 17.0. The molecule has 0 aromatic carbocycles. The van der Waals surface area contributed by atoms with Crippen molar-refractivity contribution in [2.75, 3.05) is 0 Å². The van der Waals surface area contributed by atoms with Gasteiger partial charge in [0.15, 0.2) is 0 Å². The minimum absolute atomic E-state index is 0.192. The van der Waals surface area contributed by atoms with E-state index >= 15 is 0 Å². The molecule has 0 saturated heterocycles. The molecule has 0 aliphatic heterocycles. The lowest BCUT2D eigenvalue weighted by molar-refractivity contribution is 0.467. The van der Waals surface area contributed by atoms with Gasteiger partial charge in [0.2, 0.25) is 0 Å². The van der Waals surface area contributed by atoms with Gasteiger partial charge in [0, 0.05) is 23.1 Å². The molecule has 1 aliphatic rings. The fourth-order valence-corrected chi connectivity index (χ4v) is 2.88. The third-order valence-corrected chi connectivity index (χ3v) is 3.95. The Bertz CT molecular complexity index is 489. The summed E-state index contributed by atoms with van der Waals surface area (Å²) < 4.78 is 24.6. The molecule has 1 aromatic heterocycles. The molecule has 0 radical (unpaired) electrons. The van der Waals surface area contributed by atoms with Crippen molar-refractivity contribution in [1.82, 2.24) is 9.78 Å². The fourth-order valence-electron chi connectivity index (χ4n) is 1.83. The van der Waals surface area contributed by atoms with Crippen LogP contribution in [0.25, 0.3) is 0 Å². The SMILES string of the molecule is CC(C)Cn1ncc(S(=O)(=O)Cl)c1C1CC1. The van der Waals surface area contributed by atoms with Crippen LogP contribution in [0.3, 0.4) is 0 Å². The molecule has 2 rings (SSSR count). The van der Waals surface area contributed by atoms with Crippen LogP contribution in [0.4, 0.5) is 0 Å². The Labute approximate surface area is 100 Å². The maximum absolute atomic E-state index is 11.4. The monoisotopic (exact) mass is 262 g/mol. The van der Waals surface area contributed by atoms with Crippen LogP contribution in [-0.2, 0) is 15.6 Å². The number of rotatable bonds is 4. The summed E-state index contributed by atoms with van der Waals surface area (Å²) in [7, 11) is 1.74. The van der Waals surface area contributed by atoms with E-state index in [9.17, 15) is 8.42 Å². The first-order valence-corrected chi connectivity index (χ1v) is 7.71. The third kappa shape index (κ3) is 2.40. The Morgan fingerprint density at radius 2 is 2.19 bits per heavy atom. The predicted molar refractivity (Wildman–Crippen MR) is 62.1 cm³/mol. The highest BCUT2D eigenvalue weighted by Crippen LogP contribution is 2.43. The summed E-state index contributed by atoms with van der Waals surface area (Å²) in [6.07, 6.45) is 3.44. The fraction of sp³-hybridized carbons (Fsp3) is 0.700. The van der Waals surface area contributed by atoms with Gasteiger partial charge in [0.05, 0.1) is 11.9 Å². The average Bonchev–Trinajstić information content (AvgIpc) is 2.86. The molecular formula is C10H15ClN2O2S. The van der Waals surface area contributed by atoms with Gasteiger partial charge in [-0.05, 0) is 18.8 Å². The number of halogens is 1. The molecule has 0 atom stereocenters. The van der Waals surface area contributed by atoms with Gasteiger partial charge >= 0.3 is 0 Å². The summed E-state index contributed by atoms with van der Waals surface area (Å²) in [5, 5.41) is 4.14. The minimum atomic E-state index is -3.66. The summed E-state index contributed by atoms with van der Waals surface area (Å²) in [5.74, 6) is 0.757. The smallest absolute Gasteiger partial charge is 0.264 e. The van der Waals surface area contributed by atoms with E-state index in [4.69, 9.17) is 10.7 Å². The second-order valence-corrected chi connectivity index (χ2v) is 7.22. The predicted octanol–water partition coefficient (Wildman–Crippen LogP) is 2.34. The van der Waals surface area contributed by atoms with E-state index in [0.29, 0.717) is 11.8 Å². The van der Waals surface area contributed by atoms with Crippen LogP contribution in [-0.4, -0.2) is 18.2 Å².